The summed E-state index contributed by atoms with van der Waals surface area (Å²) in [5.41, 5.74) is 0. The van der Waals surface area contributed by atoms with E-state index in [1.54, 1.807) is 0 Å². The SMILES string of the molecule is COC1CCC(N2CCN(C)CC2)CC1. The van der Waals surface area contributed by atoms with Gasteiger partial charge >= 0.3 is 0 Å². The van der Waals surface area contributed by atoms with E-state index < -0.39 is 0 Å². The molecule has 1 saturated carbocycles. The standard InChI is InChI=1S/C12H24N2O/c1-13-7-9-14(10-8-13)11-3-5-12(15-2)6-4-11/h11-12H,3-10H2,1-2H3. The zero-order valence-corrected chi connectivity index (χ0v) is 10.1. The Balaban J connectivity index is 1.75. The van der Waals surface area contributed by atoms with Crippen LogP contribution in [0.25, 0.3) is 0 Å². The number of rotatable bonds is 2. The molecule has 0 aromatic heterocycles. The van der Waals surface area contributed by atoms with Crippen LogP contribution in [-0.2, 0) is 4.74 Å². The molecule has 0 atom stereocenters. The highest BCUT2D eigenvalue weighted by Crippen LogP contribution is 2.25. The number of nitrogens with zero attached hydrogens (tertiary/aromatic N) is 2. The second kappa shape index (κ2) is 5.28. The predicted octanol–water partition coefficient (Wildman–Crippen LogP) is 1.19. The average Bonchev–Trinajstić information content (AvgIpc) is 2.30. The molecule has 0 radical (unpaired) electrons. The van der Waals surface area contributed by atoms with Gasteiger partial charge in [0.1, 0.15) is 0 Å². The first-order valence-electron chi connectivity index (χ1n) is 6.25. The average molecular weight is 212 g/mol. The molecule has 15 heavy (non-hydrogen) atoms. The van der Waals surface area contributed by atoms with E-state index in [0.717, 1.165) is 6.04 Å². The smallest absolute Gasteiger partial charge is 0.0572 e. The third kappa shape index (κ3) is 2.92. The van der Waals surface area contributed by atoms with Gasteiger partial charge in [0.25, 0.3) is 0 Å². The molecule has 0 bridgehead atoms. The number of hydrogen-bond acceptors (Lipinski definition) is 3. The van der Waals surface area contributed by atoms with E-state index in [0.29, 0.717) is 6.10 Å². The summed E-state index contributed by atoms with van der Waals surface area (Å²) in [6, 6.07) is 0.838. The van der Waals surface area contributed by atoms with Crippen LogP contribution < -0.4 is 0 Å². The van der Waals surface area contributed by atoms with Crippen LogP contribution in [0.5, 0.6) is 0 Å². The zero-order valence-electron chi connectivity index (χ0n) is 10.1. The largest absolute Gasteiger partial charge is 0.381 e. The third-order valence-electron chi connectivity index (χ3n) is 4.03. The summed E-state index contributed by atoms with van der Waals surface area (Å²) in [5.74, 6) is 0. The van der Waals surface area contributed by atoms with Crippen molar-refractivity contribution in [3.63, 3.8) is 0 Å². The van der Waals surface area contributed by atoms with Gasteiger partial charge in [-0.15, -0.1) is 0 Å². The molecular weight excluding hydrogens is 188 g/mol. The lowest BCUT2D eigenvalue weighted by atomic mass is 9.91. The van der Waals surface area contributed by atoms with Crippen LogP contribution >= 0.6 is 0 Å². The van der Waals surface area contributed by atoms with Crippen LogP contribution in [0.15, 0.2) is 0 Å². The summed E-state index contributed by atoms with van der Waals surface area (Å²) in [6.45, 7) is 5.01. The topological polar surface area (TPSA) is 15.7 Å². The van der Waals surface area contributed by atoms with Gasteiger partial charge in [0.05, 0.1) is 6.10 Å². The number of likely N-dealkylation sites (N-methyl/N-ethyl adjacent to an activating group) is 1. The Hall–Kier alpha value is -0.120. The van der Waals surface area contributed by atoms with Crippen molar-refractivity contribution in [1.82, 2.24) is 9.80 Å². The molecule has 2 fully saturated rings. The molecule has 0 unspecified atom stereocenters. The molecule has 0 amide bonds. The van der Waals surface area contributed by atoms with Crippen molar-refractivity contribution < 1.29 is 4.74 Å². The van der Waals surface area contributed by atoms with Gasteiger partial charge in [-0.3, -0.25) is 4.90 Å². The molecule has 0 N–H and O–H groups in total. The monoisotopic (exact) mass is 212 g/mol. The second-order valence-electron chi connectivity index (χ2n) is 5.01. The van der Waals surface area contributed by atoms with Gasteiger partial charge in [0.2, 0.25) is 0 Å². The van der Waals surface area contributed by atoms with Crippen LogP contribution in [0.1, 0.15) is 25.7 Å². The first-order chi connectivity index (χ1) is 7.29. The van der Waals surface area contributed by atoms with Gasteiger partial charge in [-0.25, -0.2) is 0 Å². The molecule has 3 heteroatoms. The van der Waals surface area contributed by atoms with Crippen LogP contribution in [0.2, 0.25) is 0 Å². The lowest BCUT2D eigenvalue weighted by molar-refractivity contribution is 0.0258. The van der Waals surface area contributed by atoms with Gasteiger partial charge < -0.3 is 9.64 Å². The van der Waals surface area contributed by atoms with E-state index in [2.05, 4.69) is 16.8 Å². The molecule has 3 nitrogen and oxygen atoms in total. The molecule has 0 spiro atoms. The van der Waals surface area contributed by atoms with E-state index >= 15 is 0 Å². The molecular formula is C12H24N2O. The van der Waals surface area contributed by atoms with Crippen LogP contribution in [0.3, 0.4) is 0 Å². The summed E-state index contributed by atoms with van der Waals surface area (Å²) in [5, 5.41) is 0. The van der Waals surface area contributed by atoms with Crippen molar-refractivity contribution in [2.75, 3.05) is 40.3 Å². The molecule has 2 aliphatic rings. The molecule has 1 heterocycles. The van der Waals surface area contributed by atoms with E-state index in [1.165, 1.54) is 51.9 Å². The molecule has 1 aliphatic heterocycles. The Kier molecular flexibility index (Phi) is 4.00. The molecule has 88 valence electrons. The minimum Gasteiger partial charge on any atom is -0.381 e. The Bertz CT molecular complexity index is 182. The normalized spacial score (nSPS) is 35.6. The van der Waals surface area contributed by atoms with Crippen molar-refractivity contribution >= 4 is 0 Å². The number of ether oxygens (including phenoxy) is 1. The van der Waals surface area contributed by atoms with Crippen molar-refractivity contribution in [3.8, 4) is 0 Å². The maximum Gasteiger partial charge on any atom is 0.0572 e. The first kappa shape index (κ1) is 11.4. The van der Waals surface area contributed by atoms with Gasteiger partial charge in [-0.2, -0.15) is 0 Å². The van der Waals surface area contributed by atoms with E-state index in [9.17, 15) is 0 Å². The highest BCUT2D eigenvalue weighted by Gasteiger charge is 2.27. The maximum atomic E-state index is 5.42. The third-order valence-corrected chi connectivity index (χ3v) is 4.03. The Labute approximate surface area is 93.4 Å². The van der Waals surface area contributed by atoms with Crippen molar-refractivity contribution in [1.29, 1.82) is 0 Å². The minimum atomic E-state index is 0.536. The molecule has 1 saturated heterocycles. The quantitative estimate of drug-likeness (QED) is 0.684. The number of methoxy groups -OCH3 is 1. The fraction of sp³-hybridized carbons (Fsp3) is 1.00. The maximum absolute atomic E-state index is 5.42. The highest BCUT2D eigenvalue weighted by atomic mass is 16.5. The highest BCUT2D eigenvalue weighted by molar-refractivity contribution is 4.82. The van der Waals surface area contributed by atoms with Gasteiger partial charge in [0.15, 0.2) is 0 Å². The summed E-state index contributed by atoms with van der Waals surface area (Å²) < 4.78 is 5.42. The van der Waals surface area contributed by atoms with Crippen molar-refractivity contribution in [2.45, 2.75) is 37.8 Å². The van der Waals surface area contributed by atoms with Crippen LogP contribution in [-0.4, -0.2) is 62.3 Å². The van der Waals surface area contributed by atoms with Gasteiger partial charge in [-0.1, -0.05) is 0 Å². The zero-order chi connectivity index (χ0) is 10.7. The molecule has 0 aromatic rings. The van der Waals surface area contributed by atoms with Gasteiger partial charge in [-0.05, 0) is 32.7 Å². The molecule has 1 aliphatic carbocycles. The van der Waals surface area contributed by atoms with Crippen molar-refractivity contribution in [3.05, 3.63) is 0 Å². The summed E-state index contributed by atoms with van der Waals surface area (Å²) in [4.78, 5) is 5.11. The van der Waals surface area contributed by atoms with Gasteiger partial charge in [0, 0.05) is 39.3 Å². The predicted molar refractivity (Wildman–Crippen MR) is 62.1 cm³/mol. The molecule has 2 rings (SSSR count). The fourth-order valence-corrected chi connectivity index (χ4v) is 2.83. The lowest BCUT2D eigenvalue weighted by Crippen LogP contribution is -2.50. The summed E-state index contributed by atoms with van der Waals surface area (Å²) >= 11 is 0. The Morgan fingerprint density at radius 1 is 0.933 bits per heavy atom. The molecule has 0 aromatic carbocycles. The summed E-state index contributed by atoms with van der Waals surface area (Å²) in [7, 11) is 4.07. The van der Waals surface area contributed by atoms with E-state index in [4.69, 9.17) is 4.74 Å². The number of piperazine rings is 1. The minimum absolute atomic E-state index is 0.536. The summed E-state index contributed by atoms with van der Waals surface area (Å²) in [6.07, 6.45) is 5.72. The van der Waals surface area contributed by atoms with Crippen molar-refractivity contribution in [2.24, 2.45) is 0 Å². The Morgan fingerprint density at radius 3 is 2.07 bits per heavy atom. The fourth-order valence-electron chi connectivity index (χ4n) is 2.83. The first-order valence-corrected chi connectivity index (χ1v) is 6.25. The number of hydrogen-bond donors (Lipinski definition) is 0. The lowest BCUT2D eigenvalue weighted by Gasteiger charge is -2.40. The van der Waals surface area contributed by atoms with E-state index in [1.807, 2.05) is 7.11 Å². The van der Waals surface area contributed by atoms with E-state index in [-0.39, 0.29) is 0 Å². The Morgan fingerprint density at radius 2 is 1.53 bits per heavy atom. The van der Waals surface area contributed by atoms with Crippen LogP contribution in [0.4, 0.5) is 0 Å². The van der Waals surface area contributed by atoms with Crippen LogP contribution in [0, 0.1) is 0 Å². The second-order valence-corrected chi connectivity index (χ2v) is 5.01.